The first-order valence-corrected chi connectivity index (χ1v) is 7.85. The van der Waals surface area contributed by atoms with Crippen LogP contribution in [0.25, 0.3) is 0 Å². The highest BCUT2D eigenvalue weighted by molar-refractivity contribution is 6.31. The molecule has 0 aliphatic rings. The van der Waals surface area contributed by atoms with E-state index >= 15 is 0 Å². The second-order valence-electron chi connectivity index (χ2n) is 5.35. The van der Waals surface area contributed by atoms with Crippen molar-refractivity contribution in [2.45, 2.75) is 26.8 Å². The predicted molar refractivity (Wildman–Crippen MR) is 89.9 cm³/mol. The van der Waals surface area contributed by atoms with Gasteiger partial charge in [0.1, 0.15) is 0 Å². The highest BCUT2D eigenvalue weighted by atomic mass is 35.5. The third kappa shape index (κ3) is 5.70. The zero-order valence-electron chi connectivity index (χ0n) is 13.2. The van der Waals surface area contributed by atoms with Crippen LogP contribution in [-0.2, 0) is 6.54 Å². The van der Waals surface area contributed by atoms with Gasteiger partial charge in [-0.1, -0.05) is 31.5 Å². The van der Waals surface area contributed by atoms with Gasteiger partial charge in [0.2, 0.25) is 0 Å². The number of likely N-dealkylation sites (N-methyl/N-ethyl adjacent to an activating group) is 1. The lowest BCUT2D eigenvalue weighted by Crippen LogP contribution is -2.32. The highest BCUT2D eigenvalue weighted by Crippen LogP contribution is 2.24. The molecule has 4 heteroatoms. The molecular weight excluding hydrogens is 270 g/mol. The molecule has 1 N–H and O–H groups in total. The molecule has 1 aromatic rings. The molecule has 0 saturated carbocycles. The van der Waals surface area contributed by atoms with E-state index in [2.05, 4.69) is 61.3 Å². The molecule has 0 spiro atoms. The normalized spacial score (nSPS) is 11.1. The molecule has 3 nitrogen and oxygen atoms in total. The number of benzene rings is 1. The average Bonchev–Trinajstić information content (AvgIpc) is 2.42. The minimum absolute atomic E-state index is 0.834. The molecule has 0 fully saturated rings. The van der Waals surface area contributed by atoms with E-state index in [0.29, 0.717) is 0 Å². The molecule has 0 heterocycles. The molecule has 0 atom stereocenters. The van der Waals surface area contributed by atoms with Crippen LogP contribution < -0.4 is 10.2 Å². The summed E-state index contributed by atoms with van der Waals surface area (Å²) < 4.78 is 0. The quantitative estimate of drug-likeness (QED) is 0.755. The van der Waals surface area contributed by atoms with Crippen molar-refractivity contribution in [3.63, 3.8) is 0 Å². The van der Waals surface area contributed by atoms with E-state index in [-0.39, 0.29) is 0 Å². The monoisotopic (exact) mass is 297 g/mol. The minimum atomic E-state index is 0.834. The number of rotatable bonds is 9. The van der Waals surface area contributed by atoms with Crippen molar-refractivity contribution in [2.75, 3.05) is 45.2 Å². The van der Waals surface area contributed by atoms with Crippen LogP contribution in [0, 0.1) is 0 Å². The molecule has 1 aromatic carbocycles. The van der Waals surface area contributed by atoms with Gasteiger partial charge >= 0.3 is 0 Å². The summed E-state index contributed by atoms with van der Waals surface area (Å²) in [5, 5.41) is 4.17. The smallest absolute Gasteiger partial charge is 0.0471 e. The Hall–Kier alpha value is -0.770. The zero-order valence-corrected chi connectivity index (χ0v) is 14.0. The Balaban J connectivity index is 2.77. The SMILES string of the molecule is CCCN(CCN(C)C)c1ccc(CNCC)c(Cl)c1. The first-order chi connectivity index (χ1) is 9.58. The van der Waals surface area contributed by atoms with Gasteiger partial charge < -0.3 is 15.1 Å². The number of hydrogen-bond acceptors (Lipinski definition) is 3. The summed E-state index contributed by atoms with van der Waals surface area (Å²) in [4.78, 5) is 4.62. The van der Waals surface area contributed by atoms with Gasteiger partial charge in [-0.25, -0.2) is 0 Å². The van der Waals surface area contributed by atoms with Gasteiger partial charge in [-0.05, 0) is 44.8 Å². The molecule has 1 rings (SSSR count). The summed E-state index contributed by atoms with van der Waals surface area (Å²) >= 11 is 6.39. The van der Waals surface area contributed by atoms with Gasteiger partial charge in [0.15, 0.2) is 0 Å². The van der Waals surface area contributed by atoms with Crippen molar-refractivity contribution in [3.8, 4) is 0 Å². The van der Waals surface area contributed by atoms with Gasteiger partial charge in [-0.15, -0.1) is 0 Å². The van der Waals surface area contributed by atoms with Gasteiger partial charge in [-0.2, -0.15) is 0 Å². The van der Waals surface area contributed by atoms with Crippen LogP contribution >= 0.6 is 11.6 Å². The summed E-state index contributed by atoms with van der Waals surface area (Å²) in [6.45, 7) is 9.26. The highest BCUT2D eigenvalue weighted by Gasteiger charge is 2.08. The number of anilines is 1. The van der Waals surface area contributed by atoms with Crippen molar-refractivity contribution in [1.29, 1.82) is 0 Å². The topological polar surface area (TPSA) is 18.5 Å². The van der Waals surface area contributed by atoms with Crippen LogP contribution in [0.4, 0.5) is 5.69 Å². The van der Waals surface area contributed by atoms with Crippen molar-refractivity contribution < 1.29 is 0 Å². The van der Waals surface area contributed by atoms with Crippen LogP contribution in [-0.4, -0.2) is 45.2 Å². The molecule has 114 valence electrons. The van der Waals surface area contributed by atoms with Crippen LogP contribution in [0.5, 0.6) is 0 Å². The van der Waals surface area contributed by atoms with Crippen LogP contribution in [0.2, 0.25) is 5.02 Å². The Morgan fingerprint density at radius 1 is 1.10 bits per heavy atom. The molecule has 0 aliphatic carbocycles. The molecule has 0 aliphatic heterocycles. The van der Waals surface area contributed by atoms with Gasteiger partial charge in [0.05, 0.1) is 0 Å². The largest absolute Gasteiger partial charge is 0.370 e. The first kappa shape index (κ1) is 17.3. The summed E-state index contributed by atoms with van der Waals surface area (Å²) in [5.41, 5.74) is 2.39. The molecule has 0 bridgehead atoms. The van der Waals surface area contributed by atoms with Crippen LogP contribution in [0.3, 0.4) is 0 Å². The van der Waals surface area contributed by atoms with Crippen molar-refractivity contribution in [2.24, 2.45) is 0 Å². The summed E-state index contributed by atoms with van der Waals surface area (Å²) in [7, 11) is 4.22. The van der Waals surface area contributed by atoms with Crippen LogP contribution in [0.1, 0.15) is 25.8 Å². The maximum atomic E-state index is 6.39. The first-order valence-electron chi connectivity index (χ1n) is 7.47. The number of hydrogen-bond donors (Lipinski definition) is 1. The summed E-state index contributed by atoms with van der Waals surface area (Å²) in [6.07, 6.45) is 1.14. The lowest BCUT2D eigenvalue weighted by atomic mass is 10.2. The van der Waals surface area contributed by atoms with E-state index < -0.39 is 0 Å². The average molecular weight is 298 g/mol. The van der Waals surface area contributed by atoms with E-state index in [0.717, 1.165) is 44.2 Å². The molecule has 0 radical (unpaired) electrons. The minimum Gasteiger partial charge on any atom is -0.370 e. The molecule has 0 amide bonds. The molecule has 20 heavy (non-hydrogen) atoms. The third-order valence-corrected chi connectivity index (χ3v) is 3.63. The van der Waals surface area contributed by atoms with E-state index in [1.807, 2.05) is 0 Å². The van der Waals surface area contributed by atoms with Crippen LogP contribution in [0.15, 0.2) is 18.2 Å². The Labute approximate surface area is 128 Å². The Morgan fingerprint density at radius 3 is 2.40 bits per heavy atom. The standard InChI is InChI=1S/C16H28ClN3/c1-5-9-20(11-10-19(3)4)15-8-7-14(13-18-6-2)16(17)12-15/h7-8,12,18H,5-6,9-11,13H2,1-4H3. The molecule has 0 saturated heterocycles. The van der Waals surface area contributed by atoms with Crippen molar-refractivity contribution >= 4 is 17.3 Å². The van der Waals surface area contributed by atoms with Gasteiger partial charge in [0.25, 0.3) is 0 Å². The Kier molecular flexibility index (Phi) is 7.97. The Morgan fingerprint density at radius 2 is 1.85 bits per heavy atom. The molecular formula is C16H28ClN3. The fraction of sp³-hybridized carbons (Fsp3) is 0.625. The van der Waals surface area contributed by atoms with E-state index in [4.69, 9.17) is 11.6 Å². The Bertz CT molecular complexity index is 393. The number of nitrogens with zero attached hydrogens (tertiary/aromatic N) is 2. The fourth-order valence-electron chi connectivity index (χ4n) is 2.10. The summed E-state index contributed by atoms with van der Waals surface area (Å²) in [5.74, 6) is 0. The maximum Gasteiger partial charge on any atom is 0.0471 e. The second-order valence-corrected chi connectivity index (χ2v) is 5.75. The molecule has 0 unspecified atom stereocenters. The van der Waals surface area contributed by atoms with Crippen molar-refractivity contribution in [3.05, 3.63) is 28.8 Å². The van der Waals surface area contributed by atoms with E-state index in [9.17, 15) is 0 Å². The third-order valence-electron chi connectivity index (χ3n) is 3.28. The summed E-state index contributed by atoms with van der Waals surface area (Å²) in [6, 6.07) is 6.42. The lowest BCUT2D eigenvalue weighted by Gasteiger charge is -2.26. The number of halogens is 1. The van der Waals surface area contributed by atoms with E-state index in [1.165, 1.54) is 11.3 Å². The van der Waals surface area contributed by atoms with Gasteiger partial charge in [-0.3, -0.25) is 0 Å². The zero-order chi connectivity index (χ0) is 15.0. The maximum absolute atomic E-state index is 6.39. The van der Waals surface area contributed by atoms with E-state index in [1.54, 1.807) is 0 Å². The molecule has 0 aromatic heterocycles. The lowest BCUT2D eigenvalue weighted by molar-refractivity contribution is 0.413. The second kappa shape index (κ2) is 9.22. The number of nitrogens with one attached hydrogen (secondary N) is 1. The predicted octanol–water partition coefficient (Wildman–Crippen LogP) is 3.23. The van der Waals surface area contributed by atoms with Crippen molar-refractivity contribution in [1.82, 2.24) is 10.2 Å². The fourth-order valence-corrected chi connectivity index (χ4v) is 2.34. The van der Waals surface area contributed by atoms with Gasteiger partial charge in [0, 0.05) is 36.9 Å².